The first-order chi connectivity index (χ1) is 10.7. The molecular formula is C18H18O3S. The Morgan fingerprint density at radius 2 is 1.68 bits per heavy atom. The van der Waals surface area contributed by atoms with Crippen LogP contribution >= 0.6 is 11.8 Å². The number of benzene rings is 2. The van der Waals surface area contributed by atoms with E-state index in [2.05, 4.69) is 0 Å². The van der Waals surface area contributed by atoms with Crippen molar-refractivity contribution in [3.63, 3.8) is 0 Å². The highest BCUT2D eigenvalue weighted by Gasteiger charge is 2.08. The number of ketones is 1. The van der Waals surface area contributed by atoms with Gasteiger partial charge in [0.1, 0.15) is 0 Å². The van der Waals surface area contributed by atoms with Gasteiger partial charge < -0.3 is 9.47 Å². The molecule has 3 nitrogen and oxygen atoms in total. The third-order valence-corrected chi connectivity index (χ3v) is 3.95. The molecule has 22 heavy (non-hydrogen) atoms. The number of hydrogen-bond acceptors (Lipinski definition) is 4. The van der Waals surface area contributed by atoms with Crippen molar-refractivity contribution in [2.45, 2.75) is 4.90 Å². The van der Waals surface area contributed by atoms with Crippen LogP contribution in [0.25, 0.3) is 6.08 Å². The summed E-state index contributed by atoms with van der Waals surface area (Å²) in [5, 5.41) is 0. The Morgan fingerprint density at radius 1 is 1.00 bits per heavy atom. The third-order valence-electron chi connectivity index (χ3n) is 3.21. The molecule has 2 aromatic carbocycles. The summed E-state index contributed by atoms with van der Waals surface area (Å²) in [7, 11) is 3.12. The predicted molar refractivity (Wildman–Crippen MR) is 91.1 cm³/mol. The molecule has 0 spiro atoms. The second-order valence-electron chi connectivity index (χ2n) is 4.54. The molecule has 2 aromatic rings. The van der Waals surface area contributed by atoms with Gasteiger partial charge in [-0.2, -0.15) is 0 Å². The van der Waals surface area contributed by atoms with Crippen molar-refractivity contribution in [2.24, 2.45) is 0 Å². The first kappa shape index (κ1) is 16.2. The molecule has 0 unspecified atom stereocenters. The highest BCUT2D eigenvalue weighted by atomic mass is 32.2. The molecule has 4 heteroatoms. The average Bonchev–Trinajstić information content (AvgIpc) is 2.59. The normalized spacial score (nSPS) is 10.7. The van der Waals surface area contributed by atoms with Crippen molar-refractivity contribution >= 4 is 23.6 Å². The van der Waals surface area contributed by atoms with Crippen molar-refractivity contribution < 1.29 is 14.3 Å². The molecule has 0 bridgehead atoms. The van der Waals surface area contributed by atoms with Crippen molar-refractivity contribution in [3.8, 4) is 11.5 Å². The number of ether oxygens (including phenoxy) is 2. The van der Waals surface area contributed by atoms with Gasteiger partial charge in [0.2, 0.25) is 0 Å². The van der Waals surface area contributed by atoms with Crippen LogP contribution in [0.15, 0.2) is 53.4 Å². The molecule has 0 heterocycles. The van der Waals surface area contributed by atoms with E-state index >= 15 is 0 Å². The zero-order chi connectivity index (χ0) is 15.9. The Morgan fingerprint density at radius 3 is 2.27 bits per heavy atom. The van der Waals surface area contributed by atoms with Gasteiger partial charge in [0.25, 0.3) is 0 Å². The molecule has 0 aliphatic heterocycles. The maximum Gasteiger partial charge on any atom is 0.185 e. The van der Waals surface area contributed by atoms with Gasteiger partial charge in [-0.15, -0.1) is 11.8 Å². The minimum absolute atomic E-state index is 0.0742. The predicted octanol–water partition coefficient (Wildman–Crippen LogP) is 4.32. The molecule has 0 aliphatic carbocycles. The molecular weight excluding hydrogens is 296 g/mol. The molecule has 0 fully saturated rings. The lowest BCUT2D eigenvalue weighted by molar-refractivity contribution is 0.104. The summed E-state index contributed by atoms with van der Waals surface area (Å²) in [5.41, 5.74) is 1.56. The average molecular weight is 314 g/mol. The fraction of sp³-hybridized carbons (Fsp3) is 0.167. The number of hydrogen-bond donors (Lipinski definition) is 0. The molecule has 0 atom stereocenters. The number of rotatable bonds is 6. The van der Waals surface area contributed by atoms with Crippen LogP contribution in [0.4, 0.5) is 0 Å². The summed E-state index contributed by atoms with van der Waals surface area (Å²) in [6.45, 7) is 0. The van der Waals surface area contributed by atoms with Gasteiger partial charge in [0.05, 0.1) is 14.2 Å². The number of thioether (sulfide) groups is 1. The lowest BCUT2D eigenvalue weighted by Crippen LogP contribution is -1.97. The van der Waals surface area contributed by atoms with Gasteiger partial charge >= 0.3 is 0 Å². The van der Waals surface area contributed by atoms with Crippen molar-refractivity contribution in [1.82, 2.24) is 0 Å². The number of carbonyl (C=O) groups excluding carboxylic acids is 1. The maximum atomic E-state index is 12.2. The van der Waals surface area contributed by atoms with Gasteiger partial charge in [-0.1, -0.05) is 18.2 Å². The largest absolute Gasteiger partial charge is 0.493 e. The van der Waals surface area contributed by atoms with E-state index in [1.54, 1.807) is 50.3 Å². The SMILES string of the molecule is COc1ccc(C(=O)/C=C/c2ccc(SC)cc2)cc1OC. The Kier molecular flexibility index (Phi) is 5.67. The van der Waals surface area contributed by atoms with E-state index in [1.807, 2.05) is 36.6 Å². The molecule has 0 saturated carbocycles. The number of allylic oxidation sites excluding steroid dienone is 1. The molecule has 0 amide bonds. The quantitative estimate of drug-likeness (QED) is 0.452. The zero-order valence-electron chi connectivity index (χ0n) is 12.8. The van der Waals surface area contributed by atoms with Gasteiger partial charge in [0, 0.05) is 10.5 Å². The third kappa shape index (κ3) is 3.92. The molecule has 0 aromatic heterocycles. The minimum atomic E-state index is -0.0742. The maximum absolute atomic E-state index is 12.2. The summed E-state index contributed by atoms with van der Waals surface area (Å²) < 4.78 is 10.4. The topological polar surface area (TPSA) is 35.5 Å². The summed E-state index contributed by atoms with van der Waals surface area (Å²) in [5.74, 6) is 1.08. The number of methoxy groups -OCH3 is 2. The summed E-state index contributed by atoms with van der Waals surface area (Å²) >= 11 is 1.69. The molecule has 0 aliphatic rings. The smallest absolute Gasteiger partial charge is 0.185 e. The van der Waals surface area contributed by atoms with E-state index in [0.717, 1.165) is 5.56 Å². The van der Waals surface area contributed by atoms with Gasteiger partial charge in [-0.25, -0.2) is 0 Å². The molecule has 114 valence electrons. The second kappa shape index (κ2) is 7.71. The monoisotopic (exact) mass is 314 g/mol. The number of carbonyl (C=O) groups is 1. The Balaban J connectivity index is 2.15. The zero-order valence-corrected chi connectivity index (χ0v) is 13.6. The lowest BCUT2D eigenvalue weighted by Gasteiger charge is -2.08. The van der Waals surface area contributed by atoms with Crippen molar-refractivity contribution in [2.75, 3.05) is 20.5 Å². The first-order valence-corrected chi connectivity index (χ1v) is 7.99. The van der Waals surface area contributed by atoms with Gasteiger partial charge in [-0.05, 0) is 48.2 Å². The van der Waals surface area contributed by atoms with E-state index in [0.29, 0.717) is 17.1 Å². The molecule has 2 rings (SSSR count). The van der Waals surface area contributed by atoms with Crippen LogP contribution in [0.5, 0.6) is 11.5 Å². The van der Waals surface area contributed by atoms with Crippen molar-refractivity contribution in [1.29, 1.82) is 0 Å². The van der Waals surface area contributed by atoms with Crippen LogP contribution in [0.1, 0.15) is 15.9 Å². The Hall–Kier alpha value is -2.20. The van der Waals surface area contributed by atoms with Crippen LogP contribution in [0, 0.1) is 0 Å². The van der Waals surface area contributed by atoms with Crippen LogP contribution in [-0.4, -0.2) is 26.3 Å². The fourth-order valence-electron chi connectivity index (χ4n) is 1.97. The molecule has 0 saturated heterocycles. The van der Waals surface area contributed by atoms with Crippen LogP contribution in [-0.2, 0) is 0 Å². The highest BCUT2D eigenvalue weighted by Crippen LogP contribution is 2.27. The van der Waals surface area contributed by atoms with E-state index in [1.165, 1.54) is 4.90 Å². The van der Waals surface area contributed by atoms with E-state index in [9.17, 15) is 4.79 Å². The minimum Gasteiger partial charge on any atom is -0.493 e. The van der Waals surface area contributed by atoms with Crippen LogP contribution < -0.4 is 9.47 Å². The standard InChI is InChI=1S/C18H18O3S/c1-20-17-11-7-14(12-18(17)21-2)16(19)10-6-13-4-8-15(22-3)9-5-13/h4-12H,1-3H3/b10-6+. The van der Waals surface area contributed by atoms with Crippen LogP contribution in [0.2, 0.25) is 0 Å². The second-order valence-corrected chi connectivity index (χ2v) is 5.42. The summed E-state index contributed by atoms with van der Waals surface area (Å²) in [6.07, 6.45) is 5.41. The summed E-state index contributed by atoms with van der Waals surface area (Å²) in [6, 6.07) is 13.2. The Bertz CT molecular complexity index is 675. The first-order valence-electron chi connectivity index (χ1n) is 6.76. The summed E-state index contributed by atoms with van der Waals surface area (Å²) in [4.78, 5) is 13.4. The highest BCUT2D eigenvalue weighted by molar-refractivity contribution is 7.98. The molecule has 0 N–H and O–H groups in total. The van der Waals surface area contributed by atoms with E-state index in [4.69, 9.17) is 9.47 Å². The van der Waals surface area contributed by atoms with Gasteiger partial charge in [0.15, 0.2) is 17.3 Å². The lowest BCUT2D eigenvalue weighted by atomic mass is 10.1. The van der Waals surface area contributed by atoms with Crippen LogP contribution in [0.3, 0.4) is 0 Å². The fourth-order valence-corrected chi connectivity index (χ4v) is 2.38. The Labute approximate surface area is 135 Å². The molecule has 0 radical (unpaired) electrons. The van der Waals surface area contributed by atoms with Crippen molar-refractivity contribution in [3.05, 3.63) is 59.7 Å². The van der Waals surface area contributed by atoms with E-state index in [-0.39, 0.29) is 5.78 Å². The van der Waals surface area contributed by atoms with E-state index < -0.39 is 0 Å². The van der Waals surface area contributed by atoms with Gasteiger partial charge in [-0.3, -0.25) is 4.79 Å².